The van der Waals surface area contributed by atoms with E-state index in [0.29, 0.717) is 24.4 Å². The number of unbranched alkanes of at least 4 members (excludes halogenated alkanes) is 2. The number of amides is 2. The monoisotopic (exact) mass is 322 g/mol. The number of rotatable bonds is 9. The van der Waals surface area contributed by atoms with E-state index < -0.39 is 0 Å². The number of hydrogen-bond donors (Lipinski definition) is 1. The van der Waals surface area contributed by atoms with Gasteiger partial charge >= 0.3 is 0 Å². The maximum atomic E-state index is 12.7. The fourth-order valence-electron chi connectivity index (χ4n) is 3.86. The van der Waals surface area contributed by atoms with E-state index in [1.807, 2.05) is 0 Å². The molecule has 2 rings (SSSR count). The first-order chi connectivity index (χ1) is 11.1. The van der Waals surface area contributed by atoms with Crippen molar-refractivity contribution < 1.29 is 9.59 Å². The number of nitrogens with zero attached hydrogens (tertiary/aromatic N) is 1. The average molecular weight is 322 g/mol. The topological polar surface area (TPSA) is 49.4 Å². The molecule has 0 bridgehead atoms. The minimum Gasteiger partial charge on any atom is -0.356 e. The molecule has 0 aromatic heterocycles. The van der Waals surface area contributed by atoms with Crippen LogP contribution >= 0.6 is 0 Å². The Hall–Kier alpha value is -1.06. The number of nitrogens with one attached hydrogen (secondary N) is 1. The Bertz CT molecular complexity index is 385. The minimum absolute atomic E-state index is 0.0312. The third-order valence-electron chi connectivity index (χ3n) is 5.46. The van der Waals surface area contributed by atoms with Crippen molar-refractivity contribution in [1.82, 2.24) is 10.2 Å². The second-order valence-corrected chi connectivity index (χ2v) is 7.41. The first-order valence-corrected chi connectivity index (χ1v) is 9.67. The van der Waals surface area contributed by atoms with Gasteiger partial charge in [-0.15, -0.1) is 0 Å². The highest BCUT2D eigenvalue weighted by Crippen LogP contribution is 2.36. The molecule has 0 unspecified atom stereocenters. The van der Waals surface area contributed by atoms with Crippen molar-refractivity contribution in [2.75, 3.05) is 6.54 Å². The largest absolute Gasteiger partial charge is 0.356 e. The van der Waals surface area contributed by atoms with Crippen LogP contribution in [0.2, 0.25) is 0 Å². The maximum absolute atomic E-state index is 12.7. The van der Waals surface area contributed by atoms with Crippen LogP contribution in [0.3, 0.4) is 0 Å². The SMILES string of the molecule is CCC1CCC(N(C(=O)CCCCCNC(C)=O)C2CC2)CC1. The van der Waals surface area contributed by atoms with Crippen LogP contribution in [0.25, 0.3) is 0 Å². The molecule has 2 saturated carbocycles. The third kappa shape index (κ3) is 6.15. The van der Waals surface area contributed by atoms with Gasteiger partial charge in [0.05, 0.1) is 0 Å². The molecular formula is C19H34N2O2. The van der Waals surface area contributed by atoms with Crippen molar-refractivity contribution in [3.05, 3.63) is 0 Å². The molecule has 2 fully saturated rings. The molecule has 132 valence electrons. The molecule has 0 heterocycles. The number of carbonyl (C=O) groups is 2. The van der Waals surface area contributed by atoms with Crippen molar-refractivity contribution in [3.63, 3.8) is 0 Å². The van der Waals surface area contributed by atoms with E-state index in [-0.39, 0.29) is 5.91 Å². The zero-order valence-electron chi connectivity index (χ0n) is 15.0. The Morgan fingerprint density at radius 2 is 1.57 bits per heavy atom. The van der Waals surface area contributed by atoms with Crippen LogP contribution in [-0.4, -0.2) is 35.3 Å². The lowest BCUT2D eigenvalue weighted by atomic mass is 9.83. The molecule has 0 spiro atoms. The molecule has 23 heavy (non-hydrogen) atoms. The fraction of sp³-hybridized carbons (Fsp3) is 0.895. The molecule has 0 saturated heterocycles. The summed E-state index contributed by atoms with van der Waals surface area (Å²) in [4.78, 5) is 25.7. The van der Waals surface area contributed by atoms with E-state index in [1.165, 1.54) is 44.9 Å². The minimum atomic E-state index is 0.0312. The second kappa shape index (κ2) is 9.29. The lowest BCUT2D eigenvalue weighted by Gasteiger charge is -2.37. The maximum Gasteiger partial charge on any atom is 0.223 e. The van der Waals surface area contributed by atoms with Crippen LogP contribution in [0.5, 0.6) is 0 Å². The molecule has 0 aliphatic heterocycles. The Labute approximate surface area is 141 Å². The normalized spacial score (nSPS) is 24.3. The lowest BCUT2D eigenvalue weighted by molar-refractivity contribution is -0.135. The van der Waals surface area contributed by atoms with Gasteiger partial charge in [-0.25, -0.2) is 0 Å². The highest BCUT2D eigenvalue weighted by Gasteiger charge is 2.38. The van der Waals surface area contributed by atoms with Gasteiger partial charge in [-0.3, -0.25) is 9.59 Å². The summed E-state index contributed by atoms with van der Waals surface area (Å²) >= 11 is 0. The summed E-state index contributed by atoms with van der Waals surface area (Å²) in [7, 11) is 0. The Kier molecular flexibility index (Phi) is 7.38. The molecule has 4 heteroatoms. The Morgan fingerprint density at radius 1 is 0.957 bits per heavy atom. The lowest BCUT2D eigenvalue weighted by Crippen LogP contribution is -2.43. The van der Waals surface area contributed by atoms with Crippen LogP contribution in [0.4, 0.5) is 0 Å². The standard InChI is InChI=1S/C19H34N2O2/c1-3-16-8-10-17(11-9-16)21(18-12-13-18)19(23)7-5-4-6-14-20-15(2)22/h16-18H,3-14H2,1-2H3,(H,20,22). The molecule has 2 amide bonds. The molecule has 0 aromatic rings. The van der Waals surface area contributed by atoms with Crippen molar-refractivity contribution >= 4 is 11.8 Å². The highest BCUT2D eigenvalue weighted by atomic mass is 16.2. The van der Waals surface area contributed by atoms with Gasteiger partial charge in [-0.05, 0) is 57.3 Å². The van der Waals surface area contributed by atoms with Crippen LogP contribution in [0.15, 0.2) is 0 Å². The van der Waals surface area contributed by atoms with Crippen molar-refractivity contribution in [2.24, 2.45) is 5.92 Å². The number of hydrogen-bond acceptors (Lipinski definition) is 2. The third-order valence-corrected chi connectivity index (χ3v) is 5.46. The predicted molar refractivity (Wildman–Crippen MR) is 93.1 cm³/mol. The van der Waals surface area contributed by atoms with Crippen LogP contribution in [0, 0.1) is 5.92 Å². The molecule has 0 aromatic carbocycles. The first kappa shape index (κ1) is 18.3. The first-order valence-electron chi connectivity index (χ1n) is 9.67. The van der Waals surface area contributed by atoms with E-state index in [0.717, 1.165) is 31.7 Å². The molecule has 2 aliphatic carbocycles. The number of carbonyl (C=O) groups excluding carboxylic acids is 2. The molecular weight excluding hydrogens is 288 g/mol. The van der Waals surface area contributed by atoms with E-state index in [9.17, 15) is 9.59 Å². The van der Waals surface area contributed by atoms with E-state index in [4.69, 9.17) is 0 Å². The van der Waals surface area contributed by atoms with E-state index in [1.54, 1.807) is 6.92 Å². The summed E-state index contributed by atoms with van der Waals surface area (Å²) in [6.45, 7) is 4.57. The van der Waals surface area contributed by atoms with Gasteiger partial charge in [0, 0.05) is 32.0 Å². The smallest absolute Gasteiger partial charge is 0.223 e. The van der Waals surface area contributed by atoms with Crippen LogP contribution in [-0.2, 0) is 9.59 Å². The molecule has 1 N–H and O–H groups in total. The van der Waals surface area contributed by atoms with Gasteiger partial charge in [0.15, 0.2) is 0 Å². The van der Waals surface area contributed by atoms with Gasteiger partial charge < -0.3 is 10.2 Å². The zero-order chi connectivity index (χ0) is 16.7. The summed E-state index contributed by atoms with van der Waals surface area (Å²) in [6.07, 6.45) is 12.4. The fourth-order valence-corrected chi connectivity index (χ4v) is 3.86. The van der Waals surface area contributed by atoms with Crippen molar-refractivity contribution in [2.45, 2.75) is 96.6 Å². The second-order valence-electron chi connectivity index (χ2n) is 7.41. The summed E-state index contributed by atoms with van der Waals surface area (Å²) in [5.74, 6) is 1.30. The van der Waals surface area contributed by atoms with Crippen molar-refractivity contribution in [3.8, 4) is 0 Å². The highest BCUT2D eigenvalue weighted by molar-refractivity contribution is 5.77. The van der Waals surface area contributed by atoms with Gasteiger partial charge in [-0.1, -0.05) is 19.8 Å². The summed E-state index contributed by atoms with van der Waals surface area (Å²) in [5, 5.41) is 2.81. The van der Waals surface area contributed by atoms with Crippen LogP contribution in [0.1, 0.15) is 84.5 Å². The van der Waals surface area contributed by atoms with Gasteiger partial charge in [0.2, 0.25) is 11.8 Å². The predicted octanol–water partition coefficient (Wildman–Crippen LogP) is 3.64. The van der Waals surface area contributed by atoms with Crippen LogP contribution < -0.4 is 5.32 Å². The molecule has 4 nitrogen and oxygen atoms in total. The zero-order valence-corrected chi connectivity index (χ0v) is 15.0. The Balaban J connectivity index is 1.69. The van der Waals surface area contributed by atoms with Gasteiger partial charge in [-0.2, -0.15) is 0 Å². The molecule has 2 aliphatic rings. The summed E-state index contributed by atoms with van der Waals surface area (Å²) < 4.78 is 0. The van der Waals surface area contributed by atoms with E-state index >= 15 is 0 Å². The molecule has 0 radical (unpaired) electrons. The van der Waals surface area contributed by atoms with Crippen molar-refractivity contribution in [1.29, 1.82) is 0 Å². The average Bonchev–Trinajstić information content (AvgIpc) is 3.36. The van der Waals surface area contributed by atoms with Gasteiger partial charge in [0.25, 0.3) is 0 Å². The van der Waals surface area contributed by atoms with E-state index in [2.05, 4.69) is 17.1 Å². The quantitative estimate of drug-likeness (QED) is 0.659. The van der Waals surface area contributed by atoms with Gasteiger partial charge in [0.1, 0.15) is 0 Å². The Morgan fingerprint density at radius 3 is 2.09 bits per heavy atom. The molecule has 0 atom stereocenters. The summed E-state index contributed by atoms with van der Waals surface area (Å²) in [6, 6.07) is 1.06. The summed E-state index contributed by atoms with van der Waals surface area (Å²) in [5.41, 5.74) is 0.